The van der Waals surface area contributed by atoms with E-state index in [1.54, 1.807) is 31.4 Å². The molecule has 0 atom stereocenters. The fourth-order valence-corrected chi connectivity index (χ4v) is 3.62. The minimum Gasteiger partial charge on any atom is -0.508 e. The van der Waals surface area contributed by atoms with Crippen molar-refractivity contribution in [3.8, 4) is 5.75 Å². The number of nitrogens with one attached hydrogen (secondary N) is 3. The molecule has 0 saturated carbocycles. The zero-order chi connectivity index (χ0) is 30.4. The number of rotatable bonds is 24. The Balaban J connectivity index is 1.34. The largest absolute Gasteiger partial charge is 0.508 e. The first kappa shape index (κ1) is 33.6. The van der Waals surface area contributed by atoms with Crippen LogP contribution in [0.5, 0.6) is 5.75 Å². The number of aromatic hydroxyl groups is 1. The normalized spacial score (nSPS) is 10.9. The Morgan fingerprint density at radius 1 is 0.674 bits per heavy atom. The van der Waals surface area contributed by atoms with Crippen LogP contribution in [-0.4, -0.2) is 106 Å². The SMILES string of the molecule is COCCOCCOCCNc1nc(NCCOCCOCCCC(=O)c2ccccc2)nc(Nc2ccc(O)cc2)n1. The summed E-state index contributed by atoms with van der Waals surface area (Å²) in [5.41, 5.74) is 1.44. The minimum atomic E-state index is 0.123. The second kappa shape index (κ2) is 20.9. The number of methoxy groups -OCH3 is 1. The summed E-state index contributed by atoms with van der Waals surface area (Å²) in [6, 6.07) is 15.9. The molecule has 0 aliphatic rings. The van der Waals surface area contributed by atoms with E-state index in [9.17, 15) is 9.90 Å². The maximum atomic E-state index is 12.1. The zero-order valence-corrected chi connectivity index (χ0v) is 24.6. The molecule has 1 aromatic heterocycles. The Morgan fingerprint density at radius 2 is 1.21 bits per heavy atom. The number of hydrogen-bond donors (Lipinski definition) is 4. The Labute approximate surface area is 252 Å². The minimum absolute atomic E-state index is 0.123. The Bertz CT molecular complexity index is 1170. The molecule has 0 unspecified atom stereocenters. The molecule has 0 saturated heterocycles. The van der Waals surface area contributed by atoms with Crippen molar-refractivity contribution >= 4 is 29.3 Å². The third-order valence-corrected chi connectivity index (χ3v) is 5.78. The van der Waals surface area contributed by atoms with E-state index in [1.165, 1.54) is 0 Å². The number of anilines is 4. The number of phenols is 1. The molecule has 0 spiro atoms. The van der Waals surface area contributed by atoms with Crippen LogP contribution >= 0.6 is 0 Å². The number of ether oxygens (including phenoxy) is 5. The molecular formula is C30H42N6O7. The van der Waals surface area contributed by atoms with Crippen LogP contribution in [0.2, 0.25) is 0 Å². The summed E-state index contributed by atoms with van der Waals surface area (Å²) < 4.78 is 27.1. The number of hydrogen-bond acceptors (Lipinski definition) is 13. The number of ketones is 1. The van der Waals surface area contributed by atoms with Crippen LogP contribution in [0.4, 0.5) is 23.5 Å². The predicted molar refractivity (Wildman–Crippen MR) is 163 cm³/mol. The van der Waals surface area contributed by atoms with Gasteiger partial charge in [-0.2, -0.15) is 15.0 Å². The summed E-state index contributed by atoms with van der Waals surface area (Å²) in [6.45, 7) is 5.27. The van der Waals surface area contributed by atoms with E-state index < -0.39 is 0 Å². The first-order chi connectivity index (χ1) is 21.1. The number of carbonyl (C=O) groups excluding carboxylic acids is 1. The predicted octanol–water partition coefficient (Wildman–Crippen LogP) is 3.52. The first-order valence-corrected chi connectivity index (χ1v) is 14.3. The molecule has 13 heteroatoms. The number of nitrogens with zero attached hydrogens (tertiary/aromatic N) is 3. The molecule has 4 N–H and O–H groups in total. The van der Waals surface area contributed by atoms with E-state index in [0.29, 0.717) is 109 Å². The Morgan fingerprint density at radius 3 is 1.81 bits per heavy atom. The standard InChI is InChI=1S/C30H42N6O7/c1-39-18-19-43-23-22-42-17-14-32-29-34-28(35-30(36-29)33-25-9-11-26(37)12-10-25)31-13-16-41-21-20-40-15-5-8-27(38)24-6-3-2-4-7-24/h2-4,6-7,9-12,37H,5,8,13-23H2,1H3,(H3,31,32,33,34,35,36). The lowest BCUT2D eigenvalue weighted by atomic mass is 10.1. The van der Waals surface area contributed by atoms with Crippen molar-refractivity contribution in [2.75, 3.05) is 95.6 Å². The van der Waals surface area contributed by atoms with Gasteiger partial charge in [0.2, 0.25) is 17.8 Å². The van der Waals surface area contributed by atoms with Gasteiger partial charge in [-0.3, -0.25) is 4.79 Å². The summed E-state index contributed by atoms with van der Waals surface area (Å²) in [5, 5.41) is 19.0. The van der Waals surface area contributed by atoms with Crippen molar-refractivity contribution in [3.63, 3.8) is 0 Å². The number of Topliss-reactive ketones (excluding diaryl/α,β-unsaturated/α-hetero) is 1. The van der Waals surface area contributed by atoms with Crippen LogP contribution in [0.15, 0.2) is 54.6 Å². The first-order valence-electron chi connectivity index (χ1n) is 14.3. The number of benzene rings is 2. The second-order valence-electron chi connectivity index (χ2n) is 9.17. The summed E-state index contributed by atoms with van der Waals surface area (Å²) in [5.74, 6) is 1.36. The highest BCUT2D eigenvalue weighted by Crippen LogP contribution is 2.18. The van der Waals surface area contributed by atoms with Crippen molar-refractivity contribution < 1.29 is 33.6 Å². The van der Waals surface area contributed by atoms with Crippen LogP contribution < -0.4 is 16.0 Å². The summed E-state index contributed by atoms with van der Waals surface area (Å²) >= 11 is 0. The molecule has 2 aromatic carbocycles. The number of aromatic nitrogens is 3. The third-order valence-electron chi connectivity index (χ3n) is 5.78. The van der Waals surface area contributed by atoms with Gasteiger partial charge >= 0.3 is 0 Å². The fourth-order valence-electron chi connectivity index (χ4n) is 3.62. The molecule has 0 fully saturated rings. The maximum absolute atomic E-state index is 12.1. The molecular weight excluding hydrogens is 556 g/mol. The Hall–Kier alpha value is -3.88. The van der Waals surface area contributed by atoms with Crippen LogP contribution in [0.3, 0.4) is 0 Å². The maximum Gasteiger partial charge on any atom is 0.233 e. The number of carbonyl (C=O) groups is 1. The molecule has 0 amide bonds. The van der Waals surface area contributed by atoms with E-state index in [1.807, 2.05) is 30.3 Å². The van der Waals surface area contributed by atoms with E-state index in [0.717, 1.165) is 5.56 Å². The van der Waals surface area contributed by atoms with Gasteiger partial charge in [-0.1, -0.05) is 30.3 Å². The second-order valence-corrected chi connectivity index (χ2v) is 9.17. The van der Waals surface area contributed by atoms with E-state index in [4.69, 9.17) is 23.7 Å². The number of phenolic OH excluding ortho intramolecular Hbond substituents is 1. The summed E-state index contributed by atoms with van der Waals surface area (Å²) in [4.78, 5) is 25.4. The fraction of sp³-hybridized carbons (Fsp3) is 0.467. The smallest absolute Gasteiger partial charge is 0.233 e. The molecule has 13 nitrogen and oxygen atoms in total. The van der Waals surface area contributed by atoms with Gasteiger partial charge in [0, 0.05) is 44.5 Å². The highest BCUT2D eigenvalue weighted by molar-refractivity contribution is 5.95. The average Bonchev–Trinajstić information content (AvgIpc) is 3.02. The molecule has 3 aromatic rings. The molecule has 1 heterocycles. The van der Waals surface area contributed by atoms with E-state index in [2.05, 4.69) is 30.9 Å². The van der Waals surface area contributed by atoms with Crippen LogP contribution in [0.25, 0.3) is 0 Å². The summed E-state index contributed by atoms with van der Waals surface area (Å²) in [6.07, 6.45) is 1.12. The van der Waals surface area contributed by atoms with Crippen molar-refractivity contribution in [1.29, 1.82) is 0 Å². The average molecular weight is 599 g/mol. The van der Waals surface area contributed by atoms with Gasteiger partial charge in [-0.25, -0.2) is 0 Å². The van der Waals surface area contributed by atoms with Crippen molar-refractivity contribution in [3.05, 3.63) is 60.2 Å². The van der Waals surface area contributed by atoms with Gasteiger partial charge in [0.1, 0.15) is 5.75 Å². The van der Waals surface area contributed by atoms with Gasteiger partial charge in [0.05, 0.1) is 52.9 Å². The van der Waals surface area contributed by atoms with Gasteiger partial charge in [-0.05, 0) is 30.7 Å². The van der Waals surface area contributed by atoms with Crippen LogP contribution in [-0.2, 0) is 23.7 Å². The Kier molecular flexibility index (Phi) is 16.3. The monoisotopic (exact) mass is 598 g/mol. The van der Waals surface area contributed by atoms with Crippen LogP contribution in [0, 0.1) is 0 Å². The van der Waals surface area contributed by atoms with Crippen molar-refractivity contribution in [2.24, 2.45) is 0 Å². The molecule has 3 rings (SSSR count). The van der Waals surface area contributed by atoms with E-state index in [-0.39, 0.29) is 11.5 Å². The lowest BCUT2D eigenvalue weighted by Crippen LogP contribution is -2.18. The highest BCUT2D eigenvalue weighted by atomic mass is 16.5. The lowest BCUT2D eigenvalue weighted by molar-refractivity contribution is 0.0272. The van der Waals surface area contributed by atoms with Gasteiger partial charge in [0.15, 0.2) is 5.78 Å². The molecule has 0 aliphatic heterocycles. The molecule has 234 valence electrons. The molecule has 43 heavy (non-hydrogen) atoms. The van der Waals surface area contributed by atoms with Crippen molar-refractivity contribution in [1.82, 2.24) is 15.0 Å². The highest BCUT2D eigenvalue weighted by Gasteiger charge is 2.08. The molecule has 0 bridgehead atoms. The van der Waals surface area contributed by atoms with Crippen molar-refractivity contribution in [2.45, 2.75) is 12.8 Å². The molecule has 0 radical (unpaired) electrons. The van der Waals surface area contributed by atoms with Gasteiger partial charge in [-0.15, -0.1) is 0 Å². The zero-order valence-electron chi connectivity index (χ0n) is 24.6. The molecule has 0 aliphatic carbocycles. The third kappa shape index (κ3) is 14.7. The van der Waals surface area contributed by atoms with Gasteiger partial charge < -0.3 is 44.7 Å². The lowest BCUT2D eigenvalue weighted by Gasteiger charge is -2.12. The summed E-state index contributed by atoms with van der Waals surface area (Å²) in [7, 11) is 1.63. The quantitative estimate of drug-likeness (QED) is 0.0675. The van der Waals surface area contributed by atoms with E-state index >= 15 is 0 Å². The van der Waals surface area contributed by atoms with Crippen LogP contribution in [0.1, 0.15) is 23.2 Å². The topological polar surface area (TPSA) is 158 Å². The van der Waals surface area contributed by atoms with Gasteiger partial charge in [0.25, 0.3) is 0 Å².